The van der Waals surface area contributed by atoms with E-state index >= 15 is 0 Å². The van der Waals surface area contributed by atoms with Crippen LogP contribution in [-0.2, 0) is 9.59 Å². The van der Waals surface area contributed by atoms with Crippen LogP contribution in [-0.4, -0.2) is 70.7 Å². The minimum absolute atomic E-state index is 0.121. The number of hydrogen-bond acceptors (Lipinski definition) is 4. The molecule has 0 radical (unpaired) electrons. The van der Waals surface area contributed by atoms with Gasteiger partial charge in [0.15, 0.2) is 0 Å². The highest BCUT2D eigenvalue weighted by Crippen LogP contribution is 2.38. The molecule has 0 aliphatic carbocycles. The van der Waals surface area contributed by atoms with Crippen molar-refractivity contribution in [1.82, 2.24) is 24.9 Å². The first-order valence-corrected chi connectivity index (χ1v) is 8.76. The van der Waals surface area contributed by atoms with Gasteiger partial charge in [-0.3, -0.25) is 14.3 Å². The quantitative estimate of drug-likeness (QED) is 0.737. The summed E-state index contributed by atoms with van der Waals surface area (Å²) in [5, 5.41) is 7.73. The molecular weight excluding hydrogens is 306 g/mol. The zero-order valence-electron chi connectivity index (χ0n) is 14.4. The van der Waals surface area contributed by atoms with Crippen LogP contribution in [0.3, 0.4) is 0 Å². The molecule has 4 rings (SSSR count). The molecule has 0 aromatic carbocycles. The summed E-state index contributed by atoms with van der Waals surface area (Å²) in [4.78, 5) is 28.7. The molecule has 0 spiro atoms. The Labute approximate surface area is 142 Å². The second kappa shape index (κ2) is 5.58. The fourth-order valence-electron chi connectivity index (χ4n) is 4.36. The number of nitrogens with zero attached hydrogens (tertiary/aromatic N) is 4. The van der Waals surface area contributed by atoms with E-state index in [0.29, 0.717) is 32.1 Å². The highest BCUT2D eigenvalue weighted by Gasteiger charge is 2.49. The molecule has 1 aromatic heterocycles. The monoisotopic (exact) mass is 331 g/mol. The fraction of sp³-hybridized carbons (Fsp3) is 0.706. The predicted molar refractivity (Wildman–Crippen MR) is 88.2 cm³/mol. The molecule has 3 saturated heterocycles. The zero-order chi connectivity index (χ0) is 16.9. The van der Waals surface area contributed by atoms with E-state index in [1.165, 1.54) is 0 Å². The highest BCUT2D eigenvalue weighted by atomic mass is 16.2. The van der Waals surface area contributed by atoms with Crippen LogP contribution in [0.1, 0.15) is 24.9 Å². The highest BCUT2D eigenvalue weighted by molar-refractivity contribution is 6.35. The summed E-state index contributed by atoms with van der Waals surface area (Å²) in [5.74, 6) is -0.214. The first-order valence-electron chi connectivity index (χ1n) is 8.76. The number of carbonyl (C=O) groups excluding carboxylic acids is 2. The lowest BCUT2D eigenvalue weighted by atomic mass is 9.83. The number of rotatable bonds is 1. The van der Waals surface area contributed by atoms with Crippen molar-refractivity contribution in [2.45, 2.75) is 26.3 Å². The van der Waals surface area contributed by atoms with Crippen molar-refractivity contribution in [3.8, 4) is 0 Å². The first kappa shape index (κ1) is 15.6. The maximum absolute atomic E-state index is 12.6. The Morgan fingerprint density at radius 3 is 2.79 bits per heavy atom. The third-order valence-electron chi connectivity index (χ3n) is 5.92. The molecule has 2 amide bonds. The van der Waals surface area contributed by atoms with Gasteiger partial charge in [-0.05, 0) is 24.8 Å². The van der Waals surface area contributed by atoms with E-state index in [9.17, 15) is 9.59 Å². The molecule has 7 heteroatoms. The molecule has 0 saturated carbocycles. The number of fused-ring (bicyclic) bond motifs is 1. The molecule has 0 bridgehead atoms. The van der Waals surface area contributed by atoms with Gasteiger partial charge in [0.1, 0.15) is 0 Å². The Kier molecular flexibility index (Phi) is 3.63. The van der Waals surface area contributed by atoms with E-state index in [4.69, 9.17) is 0 Å². The van der Waals surface area contributed by atoms with Gasteiger partial charge in [-0.2, -0.15) is 5.10 Å². The SMILES string of the molecule is Cc1cnn(C2CCN(C(=O)C(=O)N3C[C@@H]4CNC[C@]4(C)C3)C2)c1. The summed E-state index contributed by atoms with van der Waals surface area (Å²) < 4.78 is 1.92. The minimum Gasteiger partial charge on any atom is -0.333 e. The van der Waals surface area contributed by atoms with Crippen LogP contribution in [0.2, 0.25) is 0 Å². The van der Waals surface area contributed by atoms with Crippen LogP contribution >= 0.6 is 0 Å². The first-order chi connectivity index (χ1) is 11.5. The number of likely N-dealkylation sites (tertiary alicyclic amines) is 2. The molecule has 1 N–H and O–H groups in total. The van der Waals surface area contributed by atoms with Gasteiger partial charge in [0.2, 0.25) is 0 Å². The van der Waals surface area contributed by atoms with E-state index in [2.05, 4.69) is 17.3 Å². The zero-order valence-corrected chi connectivity index (χ0v) is 14.4. The van der Waals surface area contributed by atoms with Crippen LogP contribution < -0.4 is 5.32 Å². The van der Waals surface area contributed by atoms with E-state index in [1.54, 1.807) is 9.80 Å². The maximum atomic E-state index is 12.6. The van der Waals surface area contributed by atoms with Crippen LogP contribution in [0.5, 0.6) is 0 Å². The largest absolute Gasteiger partial charge is 0.333 e. The van der Waals surface area contributed by atoms with E-state index in [1.807, 2.05) is 24.0 Å². The van der Waals surface area contributed by atoms with Crippen LogP contribution in [0.15, 0.2) is 12.4 Å². The molecule has 1 aromatic rings. The summed E-state index contributed by atoms with van der Waals surface area (Å²) in [7, 11) is 0. The van der Waals surface area contributed by atoms with Crippen molar-refractivity contribution in [3.05, 3.63) is 18.0 Å². The van der Waals surface area contributed by atoms with Gasteiger partial charge >= 0.3 is 11.8 Å². The number of carbonyl (C=O) groups is 2. The number of hydrogen-bond donors (Lipinski definition) is 1. The van der Waals surface area contributed by atoms with Gasteiger partial charge in [0.25, 0.3) is 0 Å². The van der Waals surface area contributed by atoms with Gasteiger partial charge in [-0.25, -0.2) is 0 Å². The van der Waals surface area contributed by atoms with Crippen molar-refractivity contribution < 1.29 is 9.59 Å². The van der Waals surface area contributed by atoms with Gasteiger partial charge in [0, 0.05) is 50.9 Å². The van der Waals surface area contributed by atoms with Crippen molar-refractivity contribution in [1.29, 1.82) is 0 Å². The molecule has 3 aliphatic heterocycles. The Morgan fingerprint density at radius 2 is 2.08 bits per heavy atom. The predicted octanol–water partition coefficient (Wildman–Crippen LogP) is 0.0328. The van der Waals surface area contributed by atoms with Gasteiger partial charge in [0.05, 0.1) is 12.2 Å². The molecule has 130 valence electrons. The Hall–Kier alpha value is -1.89. The fourth-order valence-corrected chi connectivity index (χ4v) is 4.36. The minimum atomic E-state index is -0.349. The topological polar surface area (TPSA) is 70.5 Å². The van der Waals surface area contributed by atoms with Crippen LogP contribution in [0.25, 0.3) is 0 Å². The number of aromatic nitrogens is 2. The Morgan fingerprint density at radius 1 is 1.29 bits per heavy atom. The van der Waals surface area contributed by atoms with Gasteiger partial charge < -0.3 is 15.1 Å². The molecule has 4 heterocycles. The molecule has 24 heavy (non-hydrogen) atoms. The lowest BCUT2D eigenvalue weighted by Gasteiger charge is -2.23. The molecule has 3 fully saturated rings. The lowest BCUT2D eigenvalue weighted by Crippen LogP contribution is -2.45. The van der Waals surface area contributed by atoms with Crippen LogP contribution in [0.4, 0.5) is 0 Å². The standard InChI is InChI=1S/C17H25N5O2/c1-12-5-19-22(7-12)14-3-4-20(9-14)15(23)16(24)21-8-13-6-18-10-17(13,2)11-21/h5,7,13-14,18H,3-4,6,8-11H2,1-2H3/t13-,14?,17+/m0/s1. The maximum Gasteiger partial charge on any atom is 0.312 e. The summed E-state index contributed by atoms with van der Waals surface area (Å²) >= 11 is 0. The van der Waals surface area contributed by atoms with E-state index < -0.39 is 0 Å². The lowest BCUT2D eigenvalue weighted by molar-refractivity contribution is -0.150. The summed E-state index contributed by atoms with van der Waals surface area (Å²) in [6, 6.07) is 0.176. The average Bonchev–Trinajstić information content (AvgIpc) is 3.27. The van der Waals surface area contributed by atoms with Crippen molar-refractivity contribution in [2.24, 2.45) is 11.3 Å². The Balaban J connectivity index is 1.39. The summed E-state index contributed by atoms with van der Waals surface area (Å²) in [5.41, 5.74) is 1.23. The van der Waals surface area contributed by atoms with Crippen molar-refractivity contribution in [2.75, 3.05) is 39.3 Å². The number of nitrogens with one attached hydrogen (secondary N) is 1. The van der Waals surface area contributed by atoms with Crippen LogP contribution in [0, 0.1) is 18.3 Å². The van der Waals surface area contributed by atoms with Crippen molar-refractivity contribution >= 4 is 11.8 Å². The average molecular weight is 331 g/mol. The molecule has 3 atom stereocenters. The molecule has 1 unspecified atom stereocenters. The normalized spacial score (nSPS) is 32.4. The Bertz CT molecular complexity index is 672. The number of amides is 2. The second-order valence-corrected chi connectivity index (χ2v) is 7.86. The van der Waals surface area contributed by atoms with Gasteiger partial charge in [-0.15, -0.1) is 0 Å². The molecule has 3 aliphatic rings. The molecule has 7 nitrogen and oxygen atoms in total. The summed E-state index contributed by atoms with van der Waals surface area (Å²) in [6.07, 6.45) is 4.67. The second-order valence-electron chi connectivity index (χ2n) is 7.86. The van der Waals surface area contributed by atoms with Crippen molar-refractivity contribution in [3.63, 3.8) is 0 Å². The van der Waals surface area contributed by atoms with E-state index in [-0.39, 0.29) is 23.3 Å². The number of aryl methyl sites for hydroxylation is 1. The third-order valence-corrected chi connectivity index (χ3v) is 5.92. The van der Waals surface area contributed by atoms with Gasteiger partial charge in [-0.1, -0.05) is 6.92 Å². The smallest absolute Gasteiger partial charge is 0.312 e. The summed E-state index contributed by atoms with van der Waals surface area (Å²) in [6.45, 7) is 8.67. The van der Waals surface area contributed by atoms with E-state index in [0.717, 1.165) is 25.1 Å². The molecular formula is C17H25N5O2. The third kappa shape index (κ3) is 2.51.